The van der Waals surface area contributed by atoms with Crippen molar-refractivity contribution in [3.8, 4) is 6.07 Å². The lowest BCUT2D eigenvalue weighted by molar-refractivity contribution is -0.122. The zero-order valence-electron chi connectivity index (χ0n) is 24.8. The fourth-order valence-electron chi connectivity index (χ4n) is 6.75. The molecular weight excluding hydrogens is 551 g/mol. The van der Waals surface area contributed by atoms with Crippen molar-refractivity contribution in [2.24, 2.45) is 5.92 Å². The van der Waals surface area contributed by atoms with Crippen LogP contribution >= 0.6 is 0 Å². The first kappa shape index (κ1) is 29.4. The Bertz CT molecular complexity index is 1590. The van der Waals surface area contributed by atoms with Gasteiger partial charge in [-0.3, -0.25) is 9.78 Å². The first-order valence-electron chi connectivity index (χ1n) is 15.4. The average Bonchev–Trinajstić information content (AvgIpc) is 3.79. The number of hydrogen-bond donors (Lipinski definition) is 2. The molecule has 7 rings (SSSR count). The number of amides is 1. The topological polar surface area (TPSA) is 81.0 Å². The van der Waals surface area contributed by atoms with Crippen LogP contribution in [0.5, 0.6) is 0 Å². The Morgan fingerprint density at radius 3 is 2.58 bits per heavy atom. The maximum Gasteiger partial charge on any atom is 0.278 e. The molecule has 2 aromatic carbocycles. The molecule has 4 aliphatic rings. The van der Waals surface area contributed by atoms with Crippen molar-refractivity contribution >= 4 is 22.5 Å². The molecule has 43 heavy (non-hydrogen) atoms. The predicted octanol–water partition coefficient (Wildman–Crippen LogP) is 6.67. The van der Waals surface area contributed by atoms with Gasteiger partial charge in [-0.2, -0.15) is 5.26 Å². The molecule has 2 fully saturated rings. The molecule has 3 aliphatic heterocycles. The lowest BCUT2D eigenvalue weighted by Gasteiger charge is -2.36. The van der Waals surface area contributed by atoms with Gasteiger partial charge in [-0.1, -0.05) is 24.3 Å². The smallest absolute Gasteiger partial charge is 0.278 e. The molecule has 3 aromatic rings. The first-order valence-corrected chi connectivity index (χ1v) is 15.4. The quantitative estimate of drug-likeness (QED) is 0.332. The van der Waals surface area contributed by atoms with Gasteiger partial charge in [0.05, 0.1) is 28.6 Å². The van der Waals surface area contributed by atoms with E-state index in [0.29, 0.717) is 45.4 Å². The Kier molecular flexibility index (Phi) is 7.84. The number of carbonyl (C=O) groups is 1. The van der Waals surface area contributed by atoms with E-state index < -0.39 is 34.7 Å². The van der Waals surface area contributed by atoms with Gasteiger partial charge in [0.1, 0.15) is 5.82 Å². The number of alkyl halides is 2. The van der Waals surface area contributed by atoms with Gasteiger partial charge in [-0.25, -0.2) is 13.2 Å². The molecule has 0 radical (unpaired) electrons. The Labute approximate surface area is 250 Å². The third-order valence-corrected chi connectivity index (χ3v) is 9.56. The van der Waals surface area contributed by atoms with Gasteiger partial charge in [0, 0.05) is 47.8 Å². The minimum atomic E-state index is -3.32. The SMILES string of the molecule is Cc1cc2c3cc(C4(C#N)CC4)cc(c3n1)CCCNC(=O)CCN1CCC(CC1)C(F)(F)c1cccc(c1F)[C@@H](C)N2. The van der Waals surface area contributed by atoms with Crippen molar-refractivity contribution in [3.05, 3.63) is 70.2 Å². The van der Waals surface area contributed by atoms with Crippen molar-refractivity contribution < 1.29 is 18.0 Å². The third-order valence-electron chi connectivity index (χ3n) is 9.56. The highest BCUT2D eigenvalue weighted by molar-refractivity contribution is 5.94. The largest absolute Gasteiger partial charge is 0.378 e. The van der Waals surface area contributed by atoms with Crippen molar-refractivity contribution in [2.45, 2.75) is 76.2 Å². The highest BCUT2D eigenvalue weighted by Gasteiger charge is 2.46. The lowest BCUT2D eigenvalue weighted by atomic mass is 9.85. The molecule has 9 heteroatoms. The molecule has 1 saturated heterocycles. The van der Waals surface area contributed by atoms with Crippen molar-refractivity contribution in [2.75, 3.05) is 31.5 Å². The monoisotopic (exact) mass is 589 g/mol. The zero-order chi connectivity index (χ0) is 30.4. The normalized spacial score (nSPS) is 25.3. The zero-order valence-corrected chi connectivity index (χ0v) is 24.8. The van der Waals surface area contributed by atoms with Crippen LogP contribution in [0.2, 0.25) is 0 Å². The summed E-state index contributed by atoms with van der Waals surface area (Å²) < 4.78 is 47.7. The fraction of sp³-hybridized carbons (Fsp3) is 0.500. The summed E-state index contributed by atoms with van der Waals surface area (Å²) in [6.07, 6.45) is 3.72. The molecule has 1 aliphatic carbocycles. The Morgan fingerprint density at radius 2 is 1.86 bits per heavy atom. The predicted molar refractivity (Wildman–Crippen MR) is 160 cm³/mol. The van der Waals surface area contributed by atoms with Crippen LogP contribution in [0.4, 0.5) is 18.9 Å². The van der Waals surface area contributed by atoms with E-state index in [2.05, 4.69) is 22.8 Å². The van der Waals surface area contributed by atoms with E-state index in [0.717, 1.165) is 46.3 Å². The second kappa shape index (κ2) is 11.5. The summed E-state index contributed by atoms with van der Waals surface area (Å²) in [4.78, 5) is 19.5. The van der Waals surface area contributed by atoms with E-state index in [1.807, 2.05) is 24.0 Å². The van der Waals surface area contributed by atoms with Gasteiger partial charge in [0.25, 0.3) is 5.92 Å². The van der Waals surface area contributed by atoms with E-state index in [9.17, 15) is 10.1 Å². The second-order valence-corrected chi connectivity index (χ2v) is 12.6. The van der Waals surface area contributed by atoms with Crippen LogP contribution in [0.1, 0.15) is 79.4 Å². The highest BCUT2D eigenvalue weighted by atomic mass is 19.3. The number of pyridine rings is 1. The van der Waals surface area contributed by atoms with Gasteiger partial charge in [-0.05, 0) is 88.7 Å². The number of fused-ring (bicyclic) bond motifs is 9. The van der Waals surface area contributed by atoms with Crippen LogP contribution in [0.3, 0.4) is 0 Å². The van der Waals surface area contributed by atoms with Gasteiger partial charge in [0.15, 0.2) is 0 Å². The lowest BCUT2D eigenvalue weighted by Crippen LogP contribution is -2.41. The molecule has 4 heterocycles. The van der Waals surface area contributed by atoms with Crippen molar-refractivity contribution in [1.82, 2.24) is 15.2 Å². The molecule has 0 unspecified atom stereocenters. The summed E-state index contributed by atoms with van der Waals surface area (Å²) in [7, 11) is 0. The molecule has 1 aromatic heterocycles. The number of piperidine rings is 1. The number of hydrogen-bond acceptors (Lipinski definition) is 5. The molecule has 1 saturated carbocycles. The van der Waals surface area contributed by atoms with Crippen LogP contribution < -0.4 is 10.6 Å². The average molecular weight is 590 g/mol. The van der Waals surface area contributed by atoms with Crippen LogP contribution in [-0.2, 0) is 22.6 Å². The summed E-state index contributed by atoms with van der Waals surface area (Å²) in [5.74, 6) is -5.23. The minimum absolute atomic E-state index is 0.0632. The number of rotatable bonds is 1. The van der Waals surface area contributed by atoms with Crippen LogP contribution in [0.25, 0.3) is 10.9 Å². The number of nitriles is 1. The number of anilines is 1. The van der Waals surface area contributed by atoms with Crippen molar-refractivity contribution in [1.29, 1.82) is 5.26 Å². The van der Waals surface area contributed by atoms with Gasteiger partial charge in [-0.15, -0.1) is 0 Å². The van der Waals surface area contributed by atoms with E-state index in [1.54, 1.807) is 13.0 Å². The summed E-state index contributed by atoms with van der Waals surface area (Å²) in [5.41, 5.74) is 3.27. The summed E-state index contributed by atoms with van der Waals surface area (Å²) >= 11 is 0. The number of aromatic nitrogens is 1. The third kappa shape index (κ3) is 5.70. The fourth-order valence-corrected chi connectivity index (χ4v) is 6.75. The molecule has 226 valence electrons. The number of halogens is 3. The maximum atomic E-state index is 16.0. The molecule has 2 N–H and O–H groups in total. The number of nitrogens with zero attached hydrogens (tertiary/aromatic N) is 3. The molecule has 8 bridgehead atoms. The molecule has 1 atom stereocenters. The van der Waals surface area contributed by atoms with Crippen LogP contribution in [-0.4, -0.2) is 42.0 Å². The Morgan fingerprint density at radius 1 is 1.09 bits per heavy atom. The van der Waals surface area contributed by atoms with E-state index in [-0.39, 0.29) is 24.3 Å². The number of carbonyl (C=O) groups excluding carboxylic acids is 1. The van der Waals surface area contributed by atoms with Gasteiger partial charge >= 0.3 is 0 Å². The molecule has 6 nitrogen and oxygen atoms in total. The van der Waals surface area contributed by atoms with Crippen LogP contribution in [0, 0.1) is 30.0 Å². The molecular formula is C34H38F3N5O. The van der Waals surface area contributed by atoms with E-state index >= 15 is 13.2 Å². The maximum absolute atomic E-state index is 16.0. The standard InChI is InChI=1S/C34H38F3N5O/c1-21-17-29-27-19-25(33(20-38)11-12-33)18-23(32(27)40-21)5-4-13-39-30(43)10-16-42-14-8-24(9-15-42)34(36,37)28-7-3-6-26(31(28)35)22(2)41-29/h3,6-7,17-19,22,24,41H,4-5,8-16H2,1-2H3,(H,39,43)/t22-/m1/s1. The van der Waals surface area contributed by atoms with Gasteiger partial charge in [0.2, 0.25) is 5.91 Å². The second-order valence-electron chi connectivity index (χ2n) is 12.6. The number of benzene rings is 2. The Balaban J connectivity index is 1.43. The van der Waals surface area contributed by atoms with Crippen molar-refractivity contribution in [3.63, 3.8) is 0 Å². The Hall–Kier alpha value is -3.64. The number of aryl methyl sites for hydroxylation is 2. The summed E-state index contributed by atoms with van der Waals surface area (Å²) in [6.45, 7) is 5.58. The molecule has 1 amide bonds. The van der Waals surface area contributed by atoms with Gasteiger partial charge < -0.3 is 15.5 Å². The first-order chi connectivity index (χ1) is 20.6. The highest BCUT2D eigenvalue weighted by Crippen LogP contribution is 2.49. The molecule has 0 spiro atoms. The van der Waals surface area contributed by atoms with E-state index in [1.165, 1.54) is 12.1 Å². The van der Waals surface area contributed by atoms with Crippen LogP contribution in [0.15, 0.2) is 36.4 Å². The minimum Gasteiger partial charge on any atom is -0.378 e. The summed E-state index contributed by atoms with van der Waals surface area (Å²) in [6, 6.07) is 12.1. The van der Waals surface area contributed by atoms with E-state index in [4.69, 9.17) is 4.98 Å². The number of nitrogens with one attached hydrogen (secondary N) is 2. The summed E-state index contributed by atoms with van der Waals surface area (Å²) in [5, 5.41) is 17.2.